The molecule has 1 aromatic carbocycles. The lowest BCUT2D eigenvalue weighted by atomic mass is 9.95. The van der Waals surface area contributed by atoms with Crippen LogP contribution in [0.3, 0.4) is 0 Å². The number of ether oxygens (including phenoxy) is 1. The Labute approximate surface area is 192 Å². The number of pyridine rings is 2. The van der Waals surface area contributed by atoms with Crippen molar-refractivity contribution in [3.63, 3.8) is 0 Å². The lowest BCUT2D eigenvalue weighted by Crippen LogP contribution is -2.29. The van der Waals surface area contributed by atoms with Gasteiger partial charge in [0.25, 0.3) is 11.7 Å². The zero-order chi connectivity index (χ0) is 23.4. The average molecular weight is 444 g/mol. The van der Waals surface area contributed by atoms with Gasteiger partial charge in [-0.3, -0.25) is 19.6 Å². The first kappa shape index (κ1) is 22.2. The van der Waals surface area contributed by atoms with E-state index in [0.717, 1.165) is 5.56 Å². The maximum atomic E-state index is 13.1. The van der Waals surface area contributed by atoms with E-state index in [0.29, 0.717) is 29.4 Å². The fraction of sp³-hybridized carbons (Fsp3) is 0.231. The molecule has 4 rings (SSSR count). The van der Waals surface area contributed by atoms with Crippen LogP contribution in [0.15, 0.2) is 78.9 Å². The lowest BCUT2D eigenvalue weighted by Gasteiger charge is -2.25. The number of aromatic nitrogens is 2. The Hall–Kier alpha value is -4.00. The number of aliphatic hydroxyl groups is 1. The van der Waals surface area contributed by atoms with Crippen LogP contribution in [0.4, 0.5) is 0 Å². The summed E-state index contributed by atoms with van der Waals surface area (Å²) in [5.74, 6) is -0.656. The molecule has 1 atom stereocenters. The van der Waals surface area contributed by atoms with Gasteiger partial charge in [-0.25, -0.2) is 0 Å². The van der Waals surface area contributed by atoms with Crippen LogP contribution < -0.4 is 4.74 Å². The molecule has 1 fully saturated rings. The van der Waals surface area contributed by atoms with E-state index in [4.69, 9.17) is 4.74 Å². The van der Waals surface area contributed by atoms with Gasteiger partial charge >= 0.3 is 0 Å². The molecule has 1 saturated heterocycles. The number of nitrogens with zero attached hydrogens (tertiary/aromatic N) is 3. The number of hydrogen-bond donors (Lipinski definition) is 1. The van der Waals surface area contributed by atoms with Gasteiger partial charge in [-0.15, -0.1) is 0 Å². The third-order valence-electron chi connectivity index (χ3n) is 5.33. The maximum Gasteiger partial charge on any atom is 0.295 e. The summed E-state index contributed by atoms with van der Waals surface area (Å²) in [6, 6.07) is 13.3. The molecule has 1 amide bonds. The van der Waals surface area contributed by atoms with Crippen molar-refractivity contribution in [2.45, 2.75) is 26.4 Å². The molecular weight excluding hydrogens is 418 g/mol. The second kappa shape index (κ2) is 9.65. The molecule has 0 aliphatic carbocycles. The number of Topliss-reactive ketones (excluding diaryl/α,β-unsaturated/α-hetero) is 1. The molecule has 2 aromatic heterocycles. The fourth-order valence-corrected chi connectivity index (χ4v) is 3.78. The summed E-state index contributed by atoms with van der Waals surface area (Å²) in [5.41, 5.74) is 1.91. The average Bonchev–Trinajstić information content (AvgIpc) is 3.08. The van der Waals surface area contributed by atoms with Gasteiger partial charge in [0.05, 0.1) is 18.2 Å². The summed E-state index contributed by atoms with van der Waals surface area (Å²) in [7, 11) is 0. The van der Waals surface area contributed by atoms with Crippen molar-refractivity contribution in [2.75, 3.05) is 6.61 Å². The molecule has 7 heteroatoms. The third kappa shape index (κ3) is 4.77. The molecule has 3 heterocycles. The molecule has 1 aliphatic rings. The van der Waals surface area contributed by atoms with Crippen LogP contribution >= 0.6 is 0 Å². The van der Waals surface area contributed by atoms with E-state index in [1.165, 1.54) is 17.3 Å². The van der Waals surface area contributed by atoms with Gasteiger partial charge in [-0.2, -0.15) is 0 Å². The number of hydrogen-bond acceptors (Lipinski definition) is 6. The molecule has 33 heavy (non-hydrogen) atoms. The quantitative estimate of drug-likeness (QED) is 0.335. The van der Waals surface area contributed by atoms with Crippen LogP contribution in [0.25, 0.3) is 5.76 Å². The molecule has 0 radical (unpaired) electrons. The molecule has 168 valence electrons. The molecule has 1 unspecified atom stereocenters. The number of amides is 1. The van der Waals surface area contributed by atoms with Crippen molar-refractivity contribution in [1.82, 2.24) is 14.9 Å². The molecule has 3 aromatic rings. The smallest absolute Gasteiger partial charge is 0.295 e. The van der Waals surface area contributed by atoms with Crippen molar-refractivity contribution in [3.8, 4) is 5.75 Å². The van der Waals surface area contributed by atoms with Crippen molar-refractivity contribution >= 4 is 17.4 Å². The third-order valence-corrected chi connectivity index (χ3v) is 5.33. The highest BCUT2D eigenvalue weighted by Gasteiger charge is 2.46. The maximum absolute atomic E-state index is 13.1. The highest BCUT2D eigenvalue weighted by molar-refractivity contribution is 6.46. The number of rotatable bonds is 7. The highest BCUT2D eigenvalue weighted by atomic mass is 16.5. The van der Waals surface area contributed by atoms with Gasteiger partial charge in [0.15, 0.2) is 0 Å². The van der Waals surface area contributed by atoms with Gasteiger partial charge in [-0.1, -0.05) is 32.0 Å². The fourth-order valence-electron chi connectivity index (χ4n) is 3.78. The van der Waals surface area contributed by atoms with Gasteiger partial charge in [-0.05, 0) is 47.4 Å². The van der Waals surface area contributed by atoms with E-state index in [2.05, 4.69) is 23.8 Å². The molecule has 1 aliphatic heterocycles. The molecule has 1 N–H and O–H groups in total. The molecule has 0 bridgehead atoms. The first-order valence-corrected chi connectivity index (χ1v) is 10.8. The topological polar surface area (TPSA) is 92.6 Å². The second-order valence-electron chi connectivity index (χ2n) is 8.30. The minimum Gasteiger partial charge on any atom is -0.507 e. The van der Waals surface area contributed by atoms with Gasteiger partial charge in [0.1, 0.15) is 11.5 Å². The SMILES string of the molecule is CC(C)COc1cccc(C2/C(=C(/O)c3ccncc3)C(=O)C(=O)N2Cc2cccnc2)c1. The zero-order valence-corrected chi connectivity index (χ0v) is 18.5. The Kier molecular flexibility index (Phi) is 6.49. The van der Waals surface area contributed by atoms with Gasteiger partial charge in [0, 0.05) is 36.9 Å². The number of carbonyl (C=O) groups is 2. The Balaban J connectivity index is 1.82. The number of ketones is 1. The zero-order valence-electron chi connectivity index (χ0n) is 18.5. The summed E-state index contributed by atoms with van der Waals surface area (Å²) < 4.78 is 5.87. The van der Waals surface area contributed by atoms with Crippen LogP contribution in [-0.2, 0) is 16.1 Å². The Bertz CT molecular complexity index is 1180. The van der Waals surface area contributed by atoms with Crippen LogP contribution in [0.1, 0.15) is 36.6 Å². The number of benzene rings is 1. The minimum absolute atomic E-state index is 0.0381. The van der Waals surface area contributed by atoms with Gasteiger partial charge in [0.2, 0.25) is 0 Å². The molecule has 0 saturated carbocycles. The van der Waals surface area contributed by atoms with Crippen molar-refractivity contribution < 1.29 is 19.4 Å². The normalized spacial score (nSPS) is 17.5. The predicted molar refractivity (Wildman–Crippen MR) is 123 cm³/mol. The van der Waals surface area contributed by atoms with Gasteiger partial charge < -0.3 is 14.7 Å². The summed E-state index contributed by atoms with van der Waals surface area (Å²) in [6.45, 7) is 4.83. The Morgan fingerprint density at radius 1 is 1.06 bits per heavy atom. The highest BCUT2D eigenvalue weighted by Crippen LogP contribution is 2.41. The summed E-state index contributed by atoms with van der Waals surface area (Å²) in [5, 5.41) is 11.1. The summed E-state index contributed by atoms with van der Waals surface area (Å²) in [6.07, 6.45) is 6.35. The largest absolute Gasteiger partial charge is 0.507 e. The molecule has 0 spiro atoms. The van der Waals surface area contributed by atoms with E-state index in [1.807, 2.05) is 30.3 Å². The van der Waals surface area contributed by atoms with Crippen LogP contribution in [0, 0.1) is 5.92 Å². The van der Waals surface area contributed by atoms with Crippen LogP contribution in [-0.4, -0.2) is 38.3 Å². The van der Waals surface area contributed by atoms with E-state index in [-0.39, 0.29) is 17.9 Å². The first-order chi connectivity index (χ1) is 16.0. The number of likely N-dealkylation sites (tertiary alicyclic amines) is 1. The number of aliphatic hydroxyl groups excluding tert-OH is 1. The van der Waals surface area contributed by atoms with Crippen LogP contribution in [0.5, 0.6) is 5.75 Å². The second-order valence-corrected chi connectivity index (χ2v) is 8.30. The molecular formula is C26H25N3O4. The summed E-state index contributed by atoms with van der Waals surface area (Å²) in [4.78, 5) is 35.8. The van der Waals surface area contributed by atoms with E-state index < -0.39 is 17.7 Å². The molecule has 7 nitrogen and oxygen atoms in total. The van der Waals surface area contributed by atoms with Crippen molar-refractivity contribution in [1.29, 1.82) is 0 Å². The Morgan fingerprint density at radius 2 is 1.85 bits per heavy atom. The minimum atomic E-state index is -0.777. The Morgan fingerprint density at radius 3 is 2.55 bits per heavy atom. The van der Waals surface area contributed by atoms with E-state index >= 15 is 0 Å². The standard InChI is InChI=1S/C26H25N3O4/c1-17(2)16-33-21-7-3-6-20(13-21)23-22(24(30)19-8-11-27-12-9-19)25(31)26(32)29(23)15-18-5-4-10-28-14-18/h3-14,17,23,30H,15-16H2,1-2H3/b24-22-. The van der Waals surface area contributed by atoms with Crippen molar-refractivity contribution in [2.24, 2.45) is 5.92 Å². The van der Waals surface area contributed by atoms with Crippen molar-refractivity contribution in [3.05, 3.63) is 95.6 Å². The predicted octanol–water partition coefficient (Wildman–Crippen LogP) is 4.13. The van der Waals surface area contributed by atoms with E-state index in [9.17, 15) is 14.7 Å². The first-order valence-electron chi connectivity index (χ1n) is 10.8. The van der Waals surface area contributed by atoms with Crippen LogP contribution in [0.2, 0.25) is 0 Å². The summed E-state index contributed by atoms with van der Waals surface area (Å²) >= 11 is 0. The monoisotopic (exact) mass is 443 g/mol. The number of carbonyl (C=O) groups excluding carboxylic acids is 2. The lowest BCUT2D eigenvalue weighted by molar-refractivity contribution is -0.140. The van der Waals surface area contributed by atoms with E-state index in [1.54, 1.807) is 30.6 Å².